The van der Waals surface area contributed by atoms with Gasteiger partial charge in [-0.05, 0) is 24.0 Å². The van der Waals surface area contributed by atoms with Crippen molar-refractivity contribution in [2.45, 2.75) is 51.4 Å². The van der Waals surface area contributed by atoms with E-state index in [1.165, 1.54) is 16.6 Å². The van der Waals surface area contributed by atoms with Crippen LogP contribution in [-0.2, 0) is 17.9 Å². The van der Waals surface area contributed by atoms with Crippen molar-refractivity contribution in [2.75, 3.05) is 5.75 Å². The zero-order valence-corrected chi connectivity index (χ0v) is 18.1. The minimum atomic E-state index is -0.000853. The van der Waals surface area contributed by atoms with Crippen LogP contribution >= 0.6 is 23.1 Å². The Morgan fingerprint density at radius 1 is 1.25 bits per heavy atom. The molecule has 3 aromatic rings. The van der Waals surface area contributed by atoms with E-state index in [9.17, 15) is 4.79 Å². The van der Waals surface area contributed by atoms with E-state index in [-0.39, 0.29) is 5.91 Å². The summed E-state index contributed by atoms with van der Waals surface area (Å²) in [5.74, 6) is 1.72. The molecule has 0 aliphatic heterocycles. The molecule has 0 spiro atoms. The Hall–Kier alpha value is -2.12. The highest BCUT2D eigenvalue weighted by atomic mass is 32.2. The summed E-state index contributed by atoms with van der Waals surface area (Å²) >= 11 is 3.20. The first-order chi connectivity index (χ1) is 13.6. The standard InChI is InChI=1S/C21H26N4OS2/c1-4-10-25-20(17-11-18(15(2)3)27-13-17)23-24-21(25)28-14-19(26)22-12-16-8-6-5-7-9-16/h5-9,11,13,15H,4,10,12,14H2,1-3H3,(H,22,26). The number of hydrogen-bond donors (Lipinski definition) is 1. The molecule has 7 heteroatoms. The lowest BCUT2D eigenvalue weighted by atomic mass is 10.1. The van der Waals surface area contributed by atoms with E-state index in [2.05, 4.69) is 52.3 Å². The van der Waals surface area contributed by atoms with Gasteiger partial charge < -0.3 is 9.88 Å². The summed E-state index contributed by atoms with van der Waals surface area (Å²) in [6.45, 7) is 7.91. The van der Waals surface area contributed by atoms with Crippen molar-refractivity contribution in [3.8, 4) is 11.4 Å². The van der Waals surface area contributed by atoms with Crippen LogP contribution in [0.1, 0.15) is 43.6 Å². The average molecular weight is 415 g/mol. The Morgan fingerprint density at radius 2 is 2.04 bits per heavy atom. The molecule has 0 aliphatic carbocycles. The lowest BCUT2D eigenvalue weighted by Gasteiger charge is -2.08. The number of nitrogens with zero attached hydrogens (tertiary/aromatic N) is 3. The topological polar surface area (TPSA) is 59.8 Å². The van der Waals surface area contributed by atoms with Crippen molar-refractivity contribution in [2.24, 2.45) is 0 Å². The molecule has 1 N–H and O–H groups in total. The van der Waals surface area contributed by atoms with Crippen LogP contribution in [0.2, 0.25) is 0 Å². The molecule has 28 heavy (non-hydrogen) atoms. The molecule has 1 amide bonds. The lowest BCUT2D eigenvalue weighted by Crippen LogP contribution is -2.24. The normalized spacial score (nSPS) is 11.1. The summed E-state index contributed by atoms with van der Waals surface area (Å²) in [5.41, 5.74) is 2.20. The number of thioether (sulfide) groups is 1. The summed E-state index contributed by atoms with van der Waals surface area (Å²) in [5, 5.41) is 14.7. The van der Waals surface area contributed by atoms with Crippen molar-refractivity contribution >= 4 is 29.0 Å². The predicted molar refractivity (Wildman–Crippen MR) is 117 cm³/mol. The zero-order chi connectivity index (χ0) is 19.9. The number of hydrogen-bond acceptors (Lipinski definition) is 5. The highest BCUT2D eigenvalue weighted by Crippen LogP contribution is 2.31. The molecule has 1 aromatic carbocycles. The summed E-state index contributed by atoms with van der Waals surface area (Å²) in [7, 11) is 0. The van der Waals surface area contributed by atoms with Crippen molar-refractivity contribution in [3.63, 3.8) is 0 Å². The fourth-order valence-electron chi connectivity index (χ4n) is 2.78. The highest BCUT2D eigenvalue weighted by Gasteiger charge is 2.17. The minimum absolute atomic E-state index is 0.000853. The monoisotopic (exact) mass is 414 g/mol. The van der Waals surface area contributed by atoms with Crippen LogP contribution in [0.4, 0.5) is 0 Å². The smallest absolute Gasteiger partial charge is 0.230 e. The van der Waals surface area contributed by atoms with Crippen LogP contribution < -0.4 is 5.32 Å². The molecule has 0 atom stereocenters. The fourth-order valence-corrected chi connectivity index (χ4v) is 4.48. The van der Waals surface area contributed by atoms with Gasteiger partial charge in [-0.2, -0.15) is 0 Å². The van der Waals surface area contributed by atoms with Gasteiger partial charge in [0.25, 0.3) is 0 Å². The molecule has 0 saturated heterocycles. The summed E-state index contributed by atoms with van der Waals surface area (Å²) in [4.78, 5) is 13.6. The number of thiophene rings is 1. The third-order valence-electron chi connectivity index (χ3n) is 4.28. The average Bonchev–Trinajstić information content (AvgIpc) is 3.33. The maximum atomic E-state index is 12.2. The van der Waals surface area contributed by atoms with E-state index in [1.807, 2.05) is 30.3 Å². The number of carbonyl (C=O) groups excluding carboxylic acids is 1. The van der Waals surface area contributed by atoms with Gasteiger partial charge in [-0.15, -0.1) is 21.5 Å². The summed E-state index contributed by atoms with van der Waals surface area (Å²) in [6, 6.07) is 12.1. The number of aromatic nitrogens is 3. The van der Waals surface area contributed by atoms with Crippen LogP contribution in [0, 0.1) is 0 Å². The molecular formula is C21H26N4OS2. The van der Waals surface area contributed by atoms with Crippen molar-refractivity contribution in [1.82, 2.24) is 20.1 Å². The van der Waals surface area contributed by atoms with Gasteiger partial charge in [-0.1, -0.05) is 62.9 Å². The van der Waals surface area contributed by atoms with Gasteiger partial charge in [0, 0.05) is 28.9 Å². The number of nitrogens with one attached hydrogen (secondary N) is 1. The lowest BCUT2D eigenvalue weighted by molar-refractivity contribution is -0.118. The number of benzene rings is 1. The van der Waals surface area contributed by atoms with Crippen molar-refractivity contribution in [1.29, 1.82) is 0 Å². The van der Waals surface area contributed by atoms with E-state index in [4.69, 9.17) is 0 Å². The SMILES string of the molecule is CCCn1c(SCC(=O)NCc2ccccc2)nnc1-c1csc(C(C)C)c1. The number of rotatable bonds is 9. The Balaban J connectivity index is 1.64. The molecule has 3 rings (SSSR count). The molecule has 0 radical (unpaired) electrons. The maximum Gasteiger partial charge on any atom is 0.230 e. The first-order valence-corrected chi connectivity index (χ1v) is 11.4. The van der Waals surface area contributed by atoms with Crippen LogP contribution in [0.15, 0.2) is 46.9 Å². The van der Waals surface area contributed by atoms with Gasteiger partial charge in [0.15, 0.2) is 11.0 Å². The van der Waals surface area contributed by atoms with Crippen molar-refractivity contribution in [3.05, 3.63) is 52.2 Å². The molecule has 0 saturated carbocycles. The van der Waals surface area contributed by atoms with E-state index in [1.54, 1.807) is 11.3 Å². The summed E-state index contributed by atoms with van der Waals surface area (Å²) in [6.07, 6.45) is 0.986. The Bertz CT molecular complexity index is 902. The van der Waals surface area contributed by atoms with E-state index in [0.717, 1.165) is 35.1 Å². The van der Waals surface area contributed by atoms with Crippen LogP contribution in [-0.4, -0.2) is 26.4 Å². The Morgan fingerprint density at radius 3 is 2.71 bits per heavy atom. The molecule has 148 valence electrons. The molecule has 2 heterocycles. The van der Waals surface area contributed by atoms with Gasteiger partial charge in [0.2, 0.25) is 5.91 Å². The van der Waals surface area contributed by atoms with Crippen LogP contribution in [0.3, 0.4) is 0 Å². The van der Waals surface area contributed by atoms with Gasteiger partial charge in [0.05, 0.1) is 5.75 Å². The third-order valence-corrected chi connectivity index (χ3v) is 6.48. The van der Waals surface area contributed by atoms with Gasteiger partial charge in [-0.25, -0.2) is 0 Å². The van der Waals surface area contributed by atoms with Gasteiger partial charge in [-0.3, -0.25) is 4.79 Å². The molecule has 5 nitrogen and oxygen atoms in total. The number of carbonyl (C=O) groups is 1. The Labute approximate surface area is 174 Å². The molecule has 0 fully saturated rings. The predicted octanol–water partition coefficient (Wildman–Crippen LogP) is 4.95. The second-order valence-electron chi connectivity index (χ2n) is 6.90. The largest absolute Gasteiger partial charge is 0.351 e. The van der Waals surface area contributed by atoms with E-state index >= 15 is 0 Å². The van der Waals surface area contributed by atoms with Crippen LogP contribution in [0.25, 0.3) is 11.4 Å². The Kier molecular flexibility index (Phi) is 7.28. The first kappa shape index (κ1) is 20.6. The van der Waals surface area contributed by atoms with E-state index in [0.29, 0.717) is 18.2 Å². The molecule has 0 bridgehead atoms. The van der Waals surface area contributed by atoms with Gasteiger partial charge >= 0.3 is 0 Å². The second-order valence-corrected chi connectivity index (χ2v) is 8.79. The second kappa shape index (κ2) is 9.89. The fraction of sp³-hybridized carbons (Fsp3) is 0.381. The number of amides is 1. The third kappa shape index (κ3) is 5.23. The van der Waals surface area contributed by atoms with E-state index < -0.39 is 0 Å². The molecule has 0 aliphatic rings. The van der Waals surface area contributed by atoms with Crippen LogP contribution in [0.5, 0.6) is 0 Å². The molecule has 2 aromatic heterocycles. The summed E-state index contributed by atoms with van der Waals surface area (Å²) < 4.78 is 2.13. The van der Waals surface area contributed by atoms with Gasteiger partial charge in [0.1, 0.15) is 0 Å². The molecule has 0 unspecified atom stereocenters. The zero-order valence-electron chi connectivity index (χ0n) is 16.5. The minimum Gasteiger partial charge on any atom is -0.351 e. The quantitative estimate of drug-likeness (QED) is 0.503. The molecular weight excluding hydrogens is 388 g/mol. The maximum absolute atomic E-state index is 12.2. The van der Waals surface area contributed by atoms with Crippen molar-refractivity contribution < 1.29 is 4.79 Å². The highest BCUT2D eigenvalue weighted by molar-refractivity contribution is 7.99. The first-order valence-electron chi connectivity index (χ1n) is 9.54.